The summed E-state index contributed by atoms with van der Waals surface area (Å²) in [5.74, 6) is -1.42. The molecule has 0 aromatic heterocycles. The summed E-state index contributed by atoms with van der Waals surface area (Å²) in [6, 6.07) is 50.4. The van der Waals surface area contributed by atoms with E-state index >= 15 is 0 Å². The van der Waals surface area contributed by atoms with Crippen LogP contribution in [0.2, 0.25) is 10.1 Å². The molecule has 5 aromatic carbocycles. The monoisotopic (exact) mass is 917 g/mol. The summed E-state index contributed by atoms with van der Waals surface area (Å²) in [6.07, 6.45) is -1.97. The fourth-order valence-corrected chi connectivity index (χ4v) is 18.0. The van der Waals surface area contributed by atoms with Gasteiger partial charge in [0.1, 0.15) is 18.8 Å². The summed E-state index contributed by atoms with van der Waals surface area (Å²) >= 11 is 0. The van der Waals surface area contributed by atoms with Gasteiger partial charge in [-0.3, -0.25) is 4.79 Å². The third kappa shape index (κ3) is 11.7. The number of carbonyl (C=O) groups excluding carboxylic acids is 3. The van der Waals surface area contributed by atoms with Crippen LogP contribution in [0.5, 0.6) is 0 Å². The van der Waals surface area contributed by atoms with E-state index in [-0.39, 0.29) is 29.9 Å². The minimum atomic E-state index is -2.89. The summed E-state index contributed by atoms with van der Waals surface area (Å²) in [5.41, 5.74) is 0.996. The van der Waals surface area contributed by atoms with Crippen molar-refractivity contribution in [3.63, 3.8) is 0 Å². The van der Waals surface area contributed by atoms with E-state index in [1.165, 1.54) is 24.6 Å². The summed E-state index contributed by atoms with van der Waals surface area (Å²) in [6.45, 7) is 15.2. The van der Waals surface area contributed by atoms with Gasteiger partial charge in [-0.1, -0.05) is 200 Å². The van der Waals surface area contributed by atoms with Gasteiger partial charge in [0.2, 0.25) is 5.91 Å². The number of carbonyl (C=O) groups is 3. The highest BCUT2D eigenvalue weighted by Gasteiger charge is 2.52. The number of hydrogen-bond donors (Lipinski definition) is 1. The SMILES string of the molecule is CO[C@@H](CO[Si](c1ccccc1)(c1ccccc1)C(C)(C)C)[C@@H](O)[C@H](C)C(=O)N1C(=O)OC[C@@H]1Cc1ccccc1.CO[C@H](C=O)CO[Si](c1ccccc1)(c1ccccc1)C(C)(C)C. The summed E-state index contributed by atoms with van der Waals surface area (Å²) < 4.78 is 29.7. The van der Waals surface area contributed by atoms with Crippen LogP contribution in [-0.4, -0.2) is 103 Å². The van der Waals surface area contributed by atoms with Gasteiger partial charge in [0, 0.05) is 14.2 Å². The van der Waals surface area contributed by atoms with Crippen molar-refractivity contribution in [3.8, 4) is 0 Å². The van der Waals surface area contributed by atoms with Crippen LogP contribution in [0.4, 0.5) is 4.79 Å². The van der Waals surface area contributed by atoms with Crippen molar-refractivity contribution in [2.45, 2.75) is 89.3 Å². The van der Waals surface area contributed by atoms with Crippen LogP contribution in [-0.2, 0) is 39.1 Å². The highest BCUT2D eigenvalue weighted by Crippen LogP contribution is 2.38. The molecule has 0 spiro atoms. The third-order valence-corrected chi connectivity index (χ3v) is 22.3. The minimum absolute atomic E-state index is 0.0699. The molecule has 12 heteroatoms. The normalized spacial score (nSPS) is 16.4. The van der Waals surface area contributed by atoms with E-state index in [9.17, 15) is 19.5 Å². The summed E-state index contributed by atoms with van der Waals surface area (Å²) in [5, 5.41) is 15.7. The van der Waals surface area contributed by atoms with Gasteiger partial charge in [0.25, 0.3) is 16.6 Å². The average Bonchev–Trinajstić information content (AvgIpc) is 3.68. The number of cyclic esters (lactones) is 1. The molecule has 1 aliphatic rings. The Bertz CT molecular complexity index is 2140. The highest BCUT2D eigenvalue weighted by molar-refractivity contribution is 7.00. The van der Waals surface area contributed by atoms with Crippen LogP contribution < -0.4 is 20.7 Å². The predicted molar refractivity (Wildman–Crippen MR) is 262 cm³/mol. The van der Waals surface area contributed by atoms with Crippen molar-refractivity contribution in [2.24, 2.45) is 5.92 Å². The molecular formula is C53H67NO9Si2. The molecule has 1 aliphatic heterocycles. The van der Waals surface area contributed by atoms with Crippen molar-refractivity contribution < 1.29 is 42.6 Å². The van der Waals surface area contributed by atoms with Gasteiger partial charge in [-0.25, -0.2) is 9.69 Å². The number of hydrogen-bond acceptors (Lipinski definition) is 9. The Balaban J connectivity index is 0.000000281. The Morgan fingerprint density at radius 3 is 1.42 bits per heavy atom. The Hall–Kier alpha value is -5.06. The molecule has 5 aromatic rings. The number of methoxy groups -OCH3 is 2. The molecule has 6 rings (SSSR count). The maximum atomic E-state index is 13.6. The zero-order valence-electron chi connectivity index (χ0n) is 39.4. The van der Waals surface area contributed by atoms with E-state index in [0.717, 1.165) is 27.1 Å². The Morgan fingerprint density at radius 1 is 0.677 bits per heavy atom. The second kappa shape index (κ2) is 22.9. The van der Waals surface area contributed by atoms with Gasteiger partial charge in [-0.15, -0.1) is 0 Å². The number of nitrogens with zero attached hydrogens (tertiary/aromatic N) is 1. The number of rotatable bonds is 18. The standard InChI is InChI=1S/C33H41NO6Si.C20H26O3Si/c1-24(31(36)34-26(22-39-32(34)37)21-25-15-9-6-10-16-25)30(35)29(38-5)23-40-41(33(2,3)4,27-17-11-7-12-18-27)28-19-13-8-14-20-28;1-20(2,3)24(18-11-7-5-8-12-18,19-13-9-6-10-14-19)23-16-17(15-21)22-4/h6-20,24,26,29-30,35H,21-23H2,1-5H3;5-15,17H,16H2,1-4H3/t24-,26-,29-,30-;17-/m01/s1. The molecule has 1 fully saturated rings. The lowest BCUT2D eigenvalue weighted by Gasteiger charge is -2.44. The van der Waals surface area contributed by atoms with E-state index < -0.39 is 58.9 Å². The smallest absolute Gasteiger partial charge is 0.416 e. The van der Waals surface area contributed by atoms with Crippen LogP contribution in [0, 0.1) is 5.92 Å². The zero-order chi connectivity index (χ0) is 47.3. The molecule has 0 bridgehead atoms. The largest absolute Gasteiger partial charge is 0.447 e. The van der Waals surface area contributed by atoms with Gasteiger partial charge in [0.05, 0.1) is 31.3 Å². The molecule has 2 amide bonds. The van der Waals surface area contributed by atoms with Crippen molar-refractivity contribution >= 4 is 55.7 Å². The van der Waals surface area contributed by atoms with E-state index in [0.29, 0.717) is 6.42 Å². The molecule has 1 saturated heterocycles. The molecule has 0 unspecified atom stereocenters. The first-order chi connectivity index (χ1) is 31.0. The van der Waals surface area contributed by atoms with Crippen molar-refractivity contribution in [2.75, 3.05) is 34.0 Å². The number of aliphatic hydroxyl groups is 1. The van der Waals surface area contributed by atoms with Crippen molar-refractivity contribution in [1.29, 1.82) is 0 Å². The lowest BCUT2D eigenvalue weighted by Crippen LogP contribution is -2.67. The summed E-state index contributed by atoms with van der Waals surface area (Å²) in [4.78, 5) is 38.5. The van der Waals surface area contributed by atoms with Crippen molar-refractivity contribution in [3.05, 3.63) is 157 Å². The van der Waals surface area contributed by atoms with Gasteiger partial charge < -0.3 is 33.0 Å². The Kier molecular flexibility index (Phi) is 18.0. The van der Waals surface area contributed by atoms with Crippen LogP contribution in [0.1, 0.15) is 54.0 Å². The Morgan fingerprint density at radius 2 is 1.06 bits per heavy atom. The maximum absolute atomic E-state index is 13.6. The molecule has 65 heavy (non-hydrogen) atoms. The number of aldehydes is 1. The van der Waals surface area contributed by atoms with E-state index in [2.05, 4.69) is 90.1 Å². The second-order valence-corrected chi connectivity index (χ2v) is 27.2. The molecule has 10 nitrogen and oxygen atoms in total. The number of imide groups is 1. The molecule has 5 atom stereocenters. The Labute approximate surface area is 388 Å². The third-order valence-electron chi connectivity index (χ3n) is 12.3. The fourth-order valence-electron chi connectivity index (χ4n) is 8.86. The summed E-state index contributed by atoms with van der Waals surface area (Å²) in [7, 11) is -2.43. The van der Waals surface area contributed by atoms with E-state index in [4.69, 9.17) is 23.1 Å². The van der Waals surface area contributed by atoms with Gasteiger partial charge in [-0.2, -0.15) is 0 Å². The lowest BCUT2D eigenvalue weighted by molar-refractivity contribution is -0.141. The molecular weight excluding hydrogens is 851 g/mol. The van der Waals surface area contributed by atoms with Crippen LogP contribution in [0.3, 0.4) is 0 Å². The van der Waals surface area contributed by atoms with E-state index in [1.807, 2.05) is 103 Å². The molecule has 1 heterocycles. The number of aliphatic hydroxyl groups excluding tert-OH is 1. The second-order valence-electron chi connectivity index (χ2n) is 18.5. The number of benzene rings is 5. The lowest BCUT2D eigenvalue weighted by atomic mass is 9.97. The topological polar surface area (TPSA) is 121 Å². The molecule has 1 N–H and O–H groups in total. The first-order valence-electron chi connectivity index (χ1n) is 22.3. The van der Waals surface area contributed by atoms with Gasteiger partial charge in [-0.05, 0) is 42.8 Å². The molecule has 0 saturated carbocycles. The average molecular weight is 918 g/mol. The zero-order valence-corrected chi connectivity index (χ0v) is 41.4. The maximum Gasteiger partial charge on any atom is 0.416 e. The molecule has 0 aliphatic carbocycles. The van der Waals surface area contributed by atoms with Crippen LogP contribution in [0.25, 0.3) is 0 Å². The molecule has 0 radical (unpaired) electrons. The van der Waals surface area contributed by atoms with Crippen LogP contribution >= 0.6 is 0 Å². The number of ether oxygens (including phenoxy) is 3. The fraction of sp³-hybridized carbons (Fsp3) is 0.377. The van der Waals surface area contributed by atoms with Gasteiger partial charge >= 0.3 is 6.09 Å². The number of amides is 2. The highest BCUT2D eigenvalue weighted by atomic mass is 28.4. The van der Waals surface area contributed by atoms with E-state index in [1.54, 1.807) is 6.92 Å². The predicted octanol–water partition coefficient (Wildman–Crippen LogP) is 6.94. The first kappa shape index (κ1) is 50.9. The van der Waals surface area contributed by atoms with Gasteiger partial charge in [0.15, 0.2) is 6.29 Å². The molecule has 346 valence electrons. The van der Waals surface area contributed by atoms with Crippen LogP contribution in [0.15, 0.2) is 152 Å². The quantitative estimate of drug-likeness (QED) is 0.0737. The first-order valence-corrected chi connectivity index (χ1v) is 26.1. The minimum Gasteiger partial charge on any atom is -0.447 e. The van der Waals surface area contributed by atoms with Crippen molar-refractivity contribution in [1.82, 2.24) is 4.90 Å².